The van der Waals surface area contributed by atoms with E-state index in [1.165, 1.54) is 0 Å². The third kappa shape index (κ3) is 3.72. The second kappa shape index (κ2) is 7.08. The molecule has 6 heteroatoms. The maximum atomic E-state index is 12.4. The monoisotopic (exact) mass is 397 g/mol. The molecule has 1 aliphatic heterocycles. The quantitative estimate of drug-likeness (QED) is 0.859. The van der Waals surface area contributed by atoms with Gasteiger partial charge in [-0.15, -0.1) is 0 Å². The van der Waals surface area contributed by atoms with Crippen LogP contribution in [-0.4, -0.2) is 18.4 Å². The van der Waals surface area contributed by atoms with Gasteiger partial charge in [0.15, 0.2) is 0 Å². The first-order chi connectivity index (χ1) is 12.0. The maximum absolute atomic E-state index is 12.4. The van der Waals surface area contributed by atoms with Gasteiger partial charge in [-0.25, -0.2) is 0 Å². The van der Waals surface area contributed by atoms with Crippen molar-refractivity contribution in [1.29, 1.82) is 5.26 Å². The molecule has 1 N–H and O–H groups in total. The van der Waals surface area contributed by atoms with Crippen molar-refractivity contribution in [2.75, 3.05) is 16.8 Å². The van der Waals surface area contributed by atoms with Crippen molar-refractivity contribution in [2.24, 2.45) is 5.92 Å². The lowest BCUT2D eigenvalue weighted by molar-refractivity contribution is -0.122. The third-order valence-electron chi connectivity index (χ3n) is 4.24. The van der Waals surface area contributed by atoms with E-state index in [4.69, 9.17) is 5.26 Å². The predicted molar refractivity (Wildman–Crippen MR) is 99.1 cm³/mol. The van der Waals surface area contributed by atoms with Crippen LogP contribution in [0.25, 0.3) is 0 Å². The molecule has 1 saturated heterocycles. The molecule has 0 spiro atoms. The van der Waals surface area contributed by atoms with Crippen LogP contribution in [0.5, 0.6) is 0 Å². The molecule has 3 rings (SSSR count). The van der Waals surface area contributed by atoms with Crippen LogP contribution in [0.3, 0.4) is 0 Å². The molecule has 1 atom stereocenters. The number of hydrogen-bond donors (Lipinski definition) is 1. The van der Waals surface area contributed by atoms with E-state index in [1.807, 2.05) is 31.2 Å². The first kappa shape index (κ1) is 17.2. The molecule has 0 radical (unpaired) electrons. The number of nitrogens with one attached hydrogen (secondary N) is 1. The fourth-order valence-electron chi connectivity index (χ4n) is 2.75. The molecule has 2 aromatic carbocycles. The molecule has 126 valence electrons. The predicted octanol–water partition coefficient (Wildman–Crippen LogP) is 3.62. The number of halogens is 1. The van der Waals surface area contributed by atoms with Crippen LogP contribution < -0.4 is 10.2 Å². The Labute approximate surface area is 154 Å². The molecule has 0 aliphatic carbocycles. The van der Waals surface area contributed by atoms with Gasteiger partial charge < -0.3 is 10.2 Å². The summed E-state index contributed by atoms with van der Waals surface area (Å²) in [6.07, 6.45) is 0.188. The SMILES string of the molecule is Cc1ccc(N2CC(C(=O)Nc3ccc(C#N)cc3)CC2=O)cc1Br. The van der Waals surface area contributed by atoms with Crippen LogP contribution in [0.15, 0.2) is 46.9 Å². The summed E-state index contributed by atoms with van der Waals surface area (Å²) in [6.45, 7) is 2.34. The first-order valence-electron chi connectivity index (χ1n) is 7.85. The highest BCUT2D eigenvalue weighted by molar-refractivity contribution is 9.10. The van der Waals surface area contributed by atoms with Crippen LogP contribution in [0.4, 0.5) is 11.4 Å². The number of nitriles is 1. The Morgan fingerprint density at radius 3 is 2.64 bits per heavy atom. The number of amides is 2. The fraction of sp³-hybridized carbons (Fsp3) is 0.211. The van der Waals surface area contributed by atoms with E-state index < -0.39 is 5.92 Å². The van der Waals surface area contributed by atoms with Crippen LogP contribution in [0.1, 0.15) is 17.5 Å². The van der Waals surface area contributed by atoms with Gasteiger partial charge in [-0.3, -0.25) is 9.59 Å². The van der Waals surface area contributed by atoms with Crippen molar-refractivity contribution in [3.63, 3.8) is 0 Å². The smallest absolute Gasteiger partial charge is 0.229 e. The molecular weight excluding hydrogens is 382 g/mol. The summed E-state index contributed by atoms with van der Waals surface area (Å²) >= 11 is 3.47. The molecule has 2 amide bonds. The summed E-state index contributed by atoms with van der Waals surface area (Å²) in [6, 6.07) is 14.4. The molecule has 25 heavy (non-hydrogen) atoms. The number of rotatable bonds is 3. The lowest BCUT2D eigenvalue weighted by Crippen LogP contribution is -2.28. The minimum Gasteiger partial charge on any atom is -0.326 e. The zero-order chi connectivity index (χ0) is 18.0. The van der Waals surface area contributed by atoms with Gasteiger partial charge in [-0.2, -0.15) is 5.26 Å². The van der Waals surface area contributed by atoms with Crippen molar-refractivity contribution in [3.8, 4) is 6.07 Å². The van der Waals surface area contributed by atoms with Gasteiger partial charge in [0.1, 0.15) is 0 Å². The number of aryl methyl sites for hydroxylation is 1. The van der Waals surface area contributed by atoms with E-state index >= 15 is 0 Å². The number of anilines is 2. The summed E-state index contributed by atoms with van der Waals surface area (Å²) in [5.41, 5.74) is 3.03. The molecule has 0 saturated carbocycles. The zero-order valence-corrected chi connectivity index (χ0v) is 15.2. The zero-order valence-electron chi connectivity index (χ0n) is 13.6. The summed E-state index contributed by atoms with van der Waals surface area (Å²) in [4.78, 5) is 26.4. The van der Waals surface area contributed by atoms with E-state index in [-0.39, 0.29) is 18.2 Å². The second-order valence-corrected chi connectivity index (χ2v) is 6.87. The Morgan fingerprint density at radius 1 is 1.28 bits per heavy atom. The minimum atomic E-state index is -0.400. The van der Waals surface area contributed by atoms with E-state index in [0.29, 0.717) is 17.8 Å². The average molecular weight is 398 g/mol. The molecule has 1 fully saturated rings. The number of hydrogen-bond acceptors (Lipinski definition) is 3. The lowest BCUT2D eigenvalue weighted by Gasteiger charge is -2.17. The number of benzene rings is 2. The maximum Gasteiger partial charge on any atom is 0.229 e. The Balaban J connectivity index is 1.69. The summed E-state index contributed by atoms with van der Waals surface area (Å²) in [5, 5.41) is 11.6. The topological polar surface area (TPSA) is 73.2 Å². The Kier molecular flexibility index (Phi) is 4.86. The Bertz CT molecular complexity index is 871. The number of carbonyl (C=O) groups excluding carboxylic acids is 2. The molecular formula is C19H16BrN3O2. The molecule has 2 aromatic rings. The molecule has 0 aromatic heterocycles. The normalized spacial score (nSPS) is 16.6. The minimum absolute atomic E-state index is 0.0595. The van der Waals surface area contributed by atoms with Crippen LogP contribution in [0, 0.1) is 24.2 Å². The van der Waals surface area contributed by atoms with E-state index in [0.717, 1.165) is 15.7 Å². The van der Waals surface area contributed by atoms with Crippen molar-refractivity contribution in [3.05, 3.63) is 58.1 Å². The van der Waals surface area contributed by atoms with Crippen LogP contribution in [-0.2, 0) is 9.59 Å². The Morgan fingerprint density at radius 2 is 2.00 bits per heavy atom. The summed E-state index contributed by atoms with van der Waals surface area (Å²) < 4.78 is 0.934. The van der Waals surface area contributed by atoms with Gasteiger partial charge in [-0.05, 0) is 48.9 Å². The van der Waals surface area contributed by atoms with Gasteiger partial charge in [0, 0.05) is 28.8 Å². The van der Waals surface area contributed by atoms with Crippen molar-refractivity contribution >= 4 is 39.1 Å². The number of carbonyl (C=O) groups is 2. The van der Waals surface area contributed by atoms with E-state index in [1.54, 1.807) is 29.2 Å². The van der Waals surface area contributed by atoms with Gasteiger partial charge in [-0.1, -0.05) is 22.0 Å². The van der Waals surface area contributed by atoms with E-state index in [9.17, 15) is 9.59 Å². The largest absolute Gasteiger partial charge is 0.326 e. The third-order valence-corrected chi connectivity index (χ3v) is 5.10. The van der Waals surface area contributed by atoms with Crippen LogP contribution in [0.2, 0.25) is 0 Å². The lowest BCUT2D eigenvalue weighted by atomic mass is 10.1. The van der Waals surface area contributed by atoms with Gasteiger partial charge in [0.05, 0.1) is 17.6 Å². The number of nitrogens with zero attached hydrogens (tertiary/aromatic N) is 2. The highest BCUT2D eigenvalue weighted by Gasteiger charge is 2.35. The summed E-state index contributed by atoms with van der Waals surface area (Å²) in [5.74, 6) is -0.648. The molecule has 0 bridgehead atoms. The van der Waals surface area contributed by atoms with Gasteiger partial charge >= 0.3 is 0 Å². The molecule has 1 heterocycles. The molecule has 5 nitrogen and oxygen atoms in total. The van der Waals surface area contributed by atoms with Gasteiger partial charge in [0.2, 0.25) is 11.8 Å². The Hall–Kier alpha value is -2.65. The average Bonchev–Trinajstić information content (AvgIpc) is 3.00. The standard InChI is InChI=1S/C19H16BrN3O2/c1-12-2-7-16(9-17(12)20)23-11-14(8-18(23)24)19(25)22-15-5-3-13(10-21)4-6-15/h2-7,9,14H,8,11H2,1H3,(H,22,25). The van der Waals surface area contributed by atoms with Crippen molar-refractivity contribution in [2.45, 2.75) is 13.3 Å². The van der Waals surface area contributed by atoms with E-state index in [2.05, 4.69) is 21.2 Å². The van der Waals surface area contributed by atoms with Crippen molar-refractivity contribution < 1.29 is 9.59 Å². The van der Waals surface area contributed by atoms with Crippen LogP contribution >= 0.6 is 15.9 Å². The second-order valence-electron chi connectivity index (χ2n) is 6.02. The highest BCUT2D eigenvalue weighted by Crippen LogP contribution is 2.29. The highest BCUT2D eigenvalue weighted by atomic mass is 79.9. The summed E-state index contributed by atoms with van der Waals surface area (Å²) in [7, 11) is 0. The molecule has 1 aliphatic rings. The molecule has 1 unspecified atom stereocenters. The van der Waals surface area contributed by atoms with Gasteiger partial charge in [0.25, 0.3) is 0 Å². The first-order valence-corrected chi connectivity index (χ1v) is 8.65. The van der Waals surface area contributed by atoms with Crippen molar-refractivity contribution in [1.82, 2.24) is 0 Å². The fourth-order valence-corrected chi connectivity index (χ4v) is 3.12.